The summed E-state index contributed by atoms with van der Waals surface area (Å²) in [5.74, 6) is 1.69. The molecule has 4 aromatic rings. The molecule has 0 spiro atoms. The van der Waals surface area contributed by atoms with Crippen molar-refractivity contribution in [3.63, 3.8) is 0 Å². The summed E-state index contributed by atoms with van der Waals surface area (Å²) in [6.45, 7) is 4.94. The normalized spacial score (nSPS) is 14.2. The average molecular weight is 486 g/mol. The van der Waals surface area contributed by atoms with Gasteiger partial charge in [0.05, 0.1) is 11.1 Å². The molecule has 0 unspecified atom stereocenters. The molecule has 3 aromatic heterocycles. The number of anilines is 1. The number of rotatable bonds is 5. The number of piperazine rings is 1. The van der Waals surface area contributed by atoms with Crippen LogP contribution in [0.3, 0.4) is 0 Å². The number of carbonyl (C=O) groups is 1. The molecule has 1 fully saturated rings. The quantitative estimate of drug-likeness (QED) is 0.409. The fraction of sp³-hybridized carbons (Fsp3) is 0.273. The van der Waals surface area contributed by atoms with Crippen LogP contribution in [0, 0.1) is 6.92 Å². The van der Waals surface area contributed by atoms with E-state index in [4.69, 9.17) is 16.3 Å². The van der Waals surface area contributed by atoms with Gasteiger partial charge in [-0.1, -0.05) is 11.6 Å². The van der Waals surface area contributed by atoms with Gasteiger partial charge in [0.15, 0.2) is 0 Å². The van der Waals surface area contributed by atoms with Crippen LogP contribution in [-0.4, -0.2) is 51.9 Å². The Balaban J connectivity index is 1.22. The molecule has 0 radical (unpaired) electrons. The number of benzene rings is 1. The lowest BCUT2D eigenvalue weighted by atomic mass is 10.2. The standard InChI is InChI=1S/C22H20ClN5O2S2/c1-14-19(32-18(26-14)12-30-16-4-2-15(23)3-5-16)22(29)28-9-7-27(8-10-28)20-17-6-11-31-21(17)25-13-24-20/h2-6,11,13H,7-10,12H2,1H3. The van der Waals surface area contributed by atoms with Crippen LogP contribution in [0.25, 0.3) is 10.2 Å². The van der Waals surface area contributed by atoms with Gasteiger partial charge in [-0.2, -0.15) is 0 Å². The van der Waals surface area contributed by atoms with Gasteiger partial charge in [-0.3, -0.25) is 4.79 Å². The predicted molar refractivity (Wildman–Crippen MR) is 128 cm³/mol. The minimum Gasteiger partial charge on any atom is -0.486 e. The number of hydrogen-bond donors (Lipinski definition) is 0. The number of halogens is 1. The Hall–Kier alpha value is -2.75. The number of aryl methyl sites for hydroxylation is 1. The first-order chi connectivity index (χ1) is 15.6. The second-order valence-corrected chi connectivity index (χ2v) is 9.80. The van der Waals surface area contributed by atoms with Crippen LogP contribution in [0.2, 0.25) is 5.02 Å². The summed E-state index contributed by atoms with van der Waals surface area (Å²) in [5.41, 5.74) is 0.743. The molecule has 32 heavy (non-hydrogen) atoms. The Kier molecular flexibility index (Phi) is 5.95. The highest BCUT2D eigenvalue weighted by Crippen LogP contribution is 2.28. The lowest BCUT2D eigenvalue weighted by molar-refractivity contribution is 0.0750. The number of ether oxygens (including phenoxy) is 1. The molecular weight excluding hydrogens is 466 g/mol. The number of fused-ring (bicyclic) bond motifs is 1. The second-order valence-electron chi connectivity index (χ2n) is 7.38. The third kappa shape index (κ3) is 4.28. The van der Waals surface area contributed by atoms with Crippen LogP contribution < -0.4 is 9.64 Å². The topological polar surface area (TPSA) is 71.5 Å². The maximum atomic E-state index is 13.2. The Labute approximate surface area is 198 Å². The molecule has 5 rings (SSSR count). The molecule has 7 nitrogen and oxygen atoms in total. The lowest BCUT2D eigenvalue weighted by Gasteiger charge is -2.35. The van der Waals surface area contributed by atoms with Crippen molar-refractivity contribution in [2.45, 2.75) is 13.5 Å². The predicted octanol–water partition coefficient (Wildman–Crippen LogP) is 4.65. The van der Waals surface area contributed by atoms with Gasteiger partial charge in [-0.15, -0.1) is 22.7 Å². The monoisotopic (exact) mass is 485 g/mol. The van der Waals surface area contributed by atoms with Crippen molar-refractivity contribution in [3.8, 4) is 5.75 Å². The van der Waals surface area contributed by atoms with Gasteiger partial charge < -0.3 is 14.5 Å². The summed E-state index contributed by atoms with van der Waals surface area (Å²) < 4.78 is 5.78. The van der Waals surface area contributed by atoms with Crippen molar-refractivity contribution in [2.24, 2.45) is 0 Å². The van der Waals surface area contributed by atoms with E-state index in [0.29, 0.717) is 29.6 Å². The molecule has 0 N–H and O–H groups in total. The summed E-state index contributed by atoms with van der Waals surface area (Å²) in [4.78, 5) is 32.3. The van der Waals surface area contributed by atoms with Crippen molar-refractivity contribution < 1.29 is 9.53 Å². The maximum Gasteiger partial charge on any atom is 0.265 e. The molecule has 1 aliphatic heterocycles. The van der Waals surface area contributed by atoms with Crippen molar-refractivity contribution in [2.75, 3.05) is 31.1 Å². The summed E-state index contributed by atoms with van der Waals surface area (Å²) in [7, 11) is 0. The van der Waals surface area contributed by atoms with E-state index in [1.165, 1.54) is 11.3 Å². The van der Waals surface area contributed by atoms with E-state index in [0.717, 1.165) is 45.6 Å². The Morgan fingerprint density at radius 3 is 2.69 bits per heavy atom. The number of hydrogen-bond acceptors (Lipinski definition) is 8. The largest absolute Gasteiger partial charge is 0.486 e. The van der Waals surface area contributed by atoms with Crippen LogP contribution >= 0.6 is 34.3 Å². The second kappa shape index (κ2) is 9.01. The number of nitrogens with zero attached hydrogens (tertiary/aromatic N) is 5. The lowest BCUT2D eigenvalue weighted by Crippen LogP contribution is -2.49. The molecule has 1 aromatic carbocycles. The maximum absolute atomic E-state index is 13.2. The molecule has 1 amide bonds. The highest BCUT2D eigenvalue weighted by atomic mass is 35.5. The Morgan fingerprint density at radius 2 is 1.91 bits per heavy atom. The van der Waals surface area contributed by atoms with Gasteiger partial charge >= 0.3 is 0 Å². The van der Waals surface area contributed by atoms with Crippen LogP contribution in [-0.2, 0) is 6.61 Å². The van der Waals surface area contributed by atoms with E-state index in [-0.39, 0.29) is 5.91 Å². The average Bonchev–Trinajstić information content (AvgIpc) is 3.44. The van der Waals surface area contributed by atoms with Crippen LogP contribution in [0.1, 0.15) is 20.4 Å². The van der Waals surface area contributed by atoms with Crippen LogP contribution in [0.15, 0.2) is 42.0 Å². The molecule has 10 heteroatoms. The molecule has 4 heterocycles. The van der Waals surface area contributed by atoms with E-state index in [1.54, 1.807) is 29.8 Å². The van der Waals surface area contributed by atoms with Gasteiger partial charge in [0.1, 0.15) is 39.2 Å². The zero-order valence-corrected chi connectivity index (χ0v) is 19.7. The first-order valence-corrected chi connectivity index (χ1v) is 12.2. The summed E-state index contributed by atoms with van der Waals surface area (Å²) in [6, 6.07) is 9.25. The summed E-state index contributed by atoms with van der Waals surface area (Å²) in [6.07, 6.45) is 1.61. The number of amides is 1. The minimum atomic E-state index is 0.0285. The zero-order valence-electron chi connectivity index (χ0n) is 17.3. The number of thiazole rings is 1. The highest BCUT2D eigenvalue weighted by molar-refractivity contribution is 7.16. The first kappa shape index (κ1) is 21.1. The van der Waals surface area contributed by atoms with Crippen molar-refractivity contribution in [1.29, 1.82) is 0 Å². The fourth-order valence-electron chi connectivity index (χ4n) is 3.68. The minimum absolute atomic E-state index is 0.0285. The third-order valence-electron chi connectivity index (χ3n) is 5.32. The molecule has 0 saturated carbocycles. The van der Waals surface area contributed by atoms with Crippen molar-refractivity contribution >= 4 is 56.2 Å². The van der Waals surface area contributed by atoms with Crippen molar-refractivity contribution in [1.82, 2.24) is 19.9 Å². The van der Waals surface area contributed by atoms with Gasteiger partial charge in [0.25, 0.3) is 5.91 Å². The molecule has 0 atom stereocenters. The summed E-state index contributed by atoms with van der Waals surface area (Å²) >= 11 is 8.92. The summed E-state index contributed by atoms with van der Waals surface area (Å²) in [5, 5.41) is 4.54. The Bertz CT molecular complexity index is 1250. The van der Waals surface area contributed by atoms with Crippen LogP contribution in [0.4, 0.5) is 5.82 Å². The molecule has 0 aliphatic carbocycles. The molecule has 164 valence electrons. The zero-order chi connectivity index (χ0) is 22.1. The van der Waals surface area contributed by atoms with Gasteiger partial charge in [0.2, 0.25) is 0 Å². The van der Waals surface area contributed by atoms with E-state index >= 15 is 0 Å². The molecule has 0 bridgehead atoms. The van der Waals surface area contributed by atoms with E-state index in [2.05, 4.69) is 25.9 Å². The fourth-order valence-corrected chi connectivity index (χ4v) is 5.48. The van der Waals surface area contributed by atoms with Gasteiger partial charge in [0, 0.05) is 31.2 Å². The first-order valence-electron chi connectivity index (χ1n) is 10.2. The number of thiophene rings is 1. The molecular formula is C22H20ClN5O2S2. The molecule has 1 aliphatic rings. The highest BCUT2D eigenvalue weighted by Gasteiger charge is 2.27. The van der Waals surface area contributed by atoms with E-state index in [9.17, 15) is 4.79 Å². The third-order valence-corrected chi connectivity index (χ3v) is 7.51. The van der Waals surface area contributed by atoms with Crippen LogP contribution in [0.5, 0.6) is 5.75 Å². The smallest absolute Gasteiger partial charge is 0.265 e. The molecule has 1 saturated heterocycles. The SMILES string of the molecule is Cc1nc(COc2ccc(Cl)cc2)sc1C(=O)N1CCN(c2ncnc3sccc23)CC1. The van der Waals surface area contributed by atoms with Gasteiger partial charge in [-0.25, -0.2) is 15.0 Å². The Morgan fingerprint density at radius 1 is 1.12 bits per heavy atom. The van der Waals surface area contributed by atoms with E-state index < -0.39 is 0 Å². The van der Waals surface area contributed by atoms with E-state index in [1.807, 2.05) is 29.3 Å². The number of aromatic nitrogens is 3. The van der Waals surface area contributed by atoms with Crippen molar-refractivity contribution in [3.05, 3.63) is 62.6 Å². The number of carbonyl (C=O) groups excluding carboxylic acids is 1. The van der Waals surface area contributed by atoms with Gasteiger partial charge in [-0.05, 0) is 42.6 Å².